The second kappa shape index (κ2) is 10.3. The largest absolute Gasteiger partial charge is 0.497 e. The van der Waals surface area contributed by atoms with E-state index in [2.05, 4.69) is 75.5 Å². The predicted octanol–water partition coefficient (Wildman–Crippen LogP) is 5.07. The Morgan fingerprint density at radius 1 is 0.853 bits per heavy atom. The van der Waals surface area contributed by atoms with Gasteiger partial charge < -0.3 is 9.64 Å². The fourth-order valence-electron chi connectivity index (χ4n) is 4.44. The van der Waals surface area contributed by atoms with Crippen LogP contribution >= 0.6 is 11.8 Å². The Morgan fingerprint density at radius 2 is 1.44 bits per heavy atom. The number of piperazine rings is 1. The third-order valence-corrected chi connectivity index (χ3v) is 7.25. The molecule has 5 nitrogen and oxygen atoms in total. The molecule has 0 bridgehead atoms. The van der Waals surface area contributed by atoms with Crippen molar-refractivity contribution in [1.82, 2.24) is 9.80 Å². The van der Waals surface area contributed by atoms with Crippen LogP contribution in [0.25, 0.3) is 6.08 Å². The van der Waals surface area contributed by atoms with Gasteiger partial charge in [0.2, 0.25) is 0 Å². The number of hydrogen-bond acceptors (Lipinski definition) is 5. The van der Waals surface area contributed by atoms with Crippen molar-refractivity contribution < 1.29 is 9.53 Å². The number of thioether (sulfide) groups is 1. The Labute approximate surface area is 204 Å². The number of hydrogen-bond donors (Lipinski definition) is 0. The minimum atomic E-state index is -0.162. The summed E-state index contributed by atoms with van der Waals surface area (Å²) in [6.45, 7) is 3.48. The Hall–Kier alpha value is -3.35. The highest BCUT2D eigenvalue weighted by atomic mass is 32.2. The maximum atomic E-state index is 12.6. The van der Waals surface area contributed by atoms with Gasteiger partial charge in [-0.25, -0.2) is 0 Å². The lowest BCUT2D eigenvalue weighted by atomic mass is 9.96. The minimum absolute atomic E-state index is 0.162. The highest BCUT2D eigenvalue weighted by Gasteiger charge is 2.31. The van der Waals surface area contributed by atoms with Crippen molar-refractivity contribution in [1.29, 1.82) is 0 Å². The van der Waals surface area contributed by atoms with Gasteiger partial charge in [0.25, 0.3) is 5.91 Å². The Kier molecular flexibility index (Phi) is 6.79. The number of carbonyl (C=O) groups is 1. The van der Waals surface area contributed by atoms with Gasteiger partial charge >= 0.3 is 0 Å². The van der Waals surface area contributed by atoms with Crippen molar-refractivity contribution in [2.24, 2.45) is 4.99 Å². The molecule has 5 rings (SSSR count). The first-order valence-corrected chi connectivity index (χ1v) is 12.3. The number of rotatable bonds is 5. The van der Waals surface area contributed by atoms with Crippen molar-refractivity contribution in [3.05, 3.63) is 107 Å². The average Bonchev–Trinajstić information content (AvgIpc) is 3.26. The topological polar surface area (TPSA) is 45.1 Å². The molecule has 1 amide bonds. The van der Waals surface area contributed by atoms with Crippen LogP contribution in [-0.2, 0) is 4.79 Å². The zero-order chi connectivity index (χ0) is 23.3. The molecular weight excluding hydrogens is 442 g/mol. The van der Waals surface area contributed by atoms with Gasteiger partial charge in [-0.05, 0) is 46.7 Å². The smallest absolute Gasteiger partial charge is 0.286 e. The molecule has 0 N–H and O–H groups in total. The van der Waals surface area contributed by atoms with E-state index >= 15 is 0 Å². The summed E-state index contributed by atoms with van der Waals surface area (Å²) in [6.07, 6.45) is 1.90. The van der Waals surface area contributed by atoms with Crippen LogP contribution in [0, 0.1) is 0 Å². The molecule has 1 fully saturated rings. The van der Waals surface area contributed by atoms with E-state index in [1.807, 2.05) is 30.3 Å². The van der Waals surface area contributed by atoms with Crippen molar-refractivity contribution >= 4 is 28.9 Å². The van der Waals surface area contributed by atoms with Crippen LogP contribution in [0.5, 0.6) is 5.75 Å². The Bertz CT molecular complexity index is 1150. The molecule has 0 spiro atoms. The summed E-state index contributed by atoms with van der Waals surface area (Å²) < 4.78 is 5.21. The molecule has 0 atom stereocenters. The highest BCUT2D eigenvalue weighted by Crippen LogP contribution is 2.33. The zero-order valence-electron chi connectivity index (χ0n) is 19.1. The molecule has 1 saturated heterocycles. The van der Waals surface area contributed by atoms with Crippen molar-refractivity contribution in [3.8, 4) is 5.75 Å². The van der Waals surface area contributed by atoms with E-state index in [0.717, 1.165) is 42.7 Å². The quantitative estimate of drug-likeness (QED) is 0.488. The zero-order valence-corrected chi connectivity index (χ0v) is 19.9. The Morgan fingerprint density at radius 3 is 2.00 bits per heavy atom. The van der Waals surface area contributed by atoms with Gasteiger partial charge in [0, 0.05) is 26.2 Å². The Balaban J connectivity index is 1.27. The SMILES string of the molecule is COc1ccc(/C=C2/SC(N3CCN(C(c4ccccc4)c4ccccc4)CC3)=NC2=O)cc1. The summed E-state index contributed by atoms with van der Waals surface area (Å²) >= 11 is 1.47. The molecule has 2 aliphatic rings. The number of aliphatic imine (C=N–C) groups is 1. The lowest BCUT2D eigenvalue weighted by Gasteiger charge is -2.40. The number of amidine groups is 1. The molecule has 3 aromatic carbocycles. The van der Waals surface area contributed by atoms with Gasteiger partial charge in [-0.1, -0.05) is 72.8 Å². The van der Waals surface area contributed by atoms with E-state index in [1.165, 1.54) is 22.9 Å². The third kappa shape index (κ3) is 4.93. The number of ether oxygens (including phenoxy) is 1. The molecule has 34 heavy (non-hydrogen) atoms. The van der Waals surface area contributed by atoms with Crippen LogP contribution in [0.15, 0.2) is 94.8 Å². The summed E-state index contributed by atoms with van der Waals surface area (Å²) in [7, 11) is 1.64. The number of amides is 1. The lowest BCUT2D eigenvalue weighted by Crippen LogP contribution is -2.49. The molecular formula is C28H27N3O2S. The van der Waals surface area contributed by atoms with Crippen LogP contribution in [0.3, 0.4) is 0 Å². The molecule has 2 heterocycles. The van der Waals surface area contributed by atoms with Gasteiger partial charge in [-0.3, -0.25) is 9.69 Å². The summed E-state index contributed by atoms with van der Waals surface area (Å²) in [5.41, 5.74) is 3.57. The van der Waals surface area contributed by atoms with Crippen LogP contribution in [0.4, 0.5) is 0 Å². The summed E-state index contributed by atoms with van der Waals surface area (Å²) in [5.74, 6) is 0.636. The molecule has 3 aromatic rings. The van der Waals surface area contributed by atoms with E-state index in [1.54, 1.807) is 7.11 Å². The number of nitrogens with zero attached hydrogens (tertiary/aromatic N) is 3. The van der Waals surface area contributed by atoms with E-state index in [9.17, 15) is 4.79 Å². The van der Waals surface area contributed by atoms with Crippen molar-refractivity contribution in [2.45, 2.75) is 6.04 Å². The standard InChI is InChI=1S/C28H27N3O2S/c1-33-24-14-12-21(13-15-24)20-25-27(32)29-28(34-25)31-18-16-30(17-19-31)26(22-8-4-2-5-9-22)23-10-6-3-7-11-23/h2-15,20,26H,16-19H2,1H3/b25-20+. The molecule has 0 radical (unpaired) electrons. The van der Waals surface area contributed by atoms with Crippen LogP contribution < -0.4 is 4.74 Å². The number of benzene rings is 3. The van der Waals surface area contributed by atoms with Gasteiger partial charge in [-0.2, -0.15) is 4.99 Å². The van der Waals surface area contributed by atoms with Crippen LogP contribution in [-0.4, -0.2) is 54.2 Å². The second-order valence-corrected chi connectivity index (χ2v) is 9.34. The molecule has 2 aliphatic heterocycles. The van der Waals surface area contributed by atoms with Crippen LogP contribution in [0.2, 0.25) is 0 Å². The third-order valence-electron chi connectivity index (χ3n) is 6.20. The first-order chi connectivity index (χ1) is 16.7. The van der Waals surface area contributed by atoms with Crippen molar-refractivity contribution in [3.63, 3.8) is 0 Å². The summed E-state index contributed by atoms with van der Waals surface area (Å²) in [6, 6.07) is 29.3. The fourth-order valence-corrected chi connectivity index (χ4v) is 5.41. The van der Waals surface area contributed by atoms with Gasteiger partial charge in [0.1, 0.15) is 5.75 Å². The first kappa shape index (κ1) is 22.4. The lowest BCUT2D eigenvalue weighted by molar-refractivity contribution is -0.113. The minimum Gasteiger partial charge on any atom is -0.497 e. The van der Waals surface area contributed by atoms with E-state index in [-0.39, 0.29) is 11.9 Å². The maximum absolute atomic E-state index is 12.6. The van der Waals surface area contributed by atoms with Crippen molar-refractivity contribution in [2.75, 3.05) is 33.3 Å². The fraction of sp³-hybridized carbons (Fsp3) is 0.214. The van der Waals surface area contributed by atoms with Gasteiger partial charge in [-0.15, -0.1) is 0 Å². The normalized spacial score (nSPS) is 17.9. The average molecular weight is 470 g/mol. The first-order valence-electron chi connectivity index (χ1n) is 11.5. The van der Waals surface area contributed by atoms with Gasteiger partial charge in [0.05, 0.1) is 18.1 Å². The molecule has 0 aliphatic carbocycles. The molecule has 6 heteroatoms. The maximum Gasteiger partial charge on any atom is 0.286 e. The van der Waals surface area contributed by atoms with E-state index in [0.29, 0.717) is 4.91 Å². The monoisotopic (exact) mass is 469 g/mol. The molecule has 172 valence electrons. The van der Waals surface area contributed by atoms with E-state index < -0.39 is 0 Å². The summed E-state index contributed by atoms with van der Waals surface area (Å²) in [4.78, 5) is 22.3. The highest BCUT2D eigenvalue weighted by molar-refractivity contribution is 8.18. The predicted molar refractivity (Wildman–Crippen MR) is 139 cm³/mol. The van der Waals surface area contributed by atoms with E-state index in [4.69, 9.17) is 4.74 Å². The number of methoxy groups -OCH3 is 1. The van der Waals surface area contributed by atoms with Crippen LogP contribution in [0.1, 0.15) is 22.7 Å². The second-order valence-electron chi connectivity index (χ2n) is 8.33. The molecule has 0 saturated carbocycles. The number of carbonyl (C=O) groups excluding carboxylic acids is 1. The summed E-state index contributed by atoms with van der Waals surface area (Å²) in [5, 5.41) is 0.806. The molecule has 0 aromatic heterocycles. The van der Waals surface area contributed by atoms with Gasteiger partial charge in [0.15, 0.2) is 5.17 Å². The molecule has 0 unspecified atom stereocenters.